The van der Waals surface area contributed by atoms with Gasteiger partial charge in [0.1, 0.15) is 6.54 Å². The summed E-state index contributed by atoms with van der Waals surface area (Å²) in [5.74, 6) is -0.840. The molecule has 3 aromatic carbocycles. The molecule has 1 heterocycles. The molecule has 0 aliphatic rings. The molecule has 1 aromatic heterocycles. The van der Waals surface area contributed by atoms with Crippen molar-refractivity contribution in [2.45, 2.75) is 24.9 Å². The molecule has 0 aliphatic carbocycles. The number of aryl methyl sites for hydroxylation is 1. The van der Waals surface area contributed by atoms with Crippen LogP contribution >= 0.6 is 15.9 Å². The Labute approximate surface area is 238 Å². The Bertz CT molecular complexity index is 1670. The van der Waals surface area contributed by atoms with Gasteiger partial charge in [-0.05, 0) is 78.3 Å². The molecule has 208 valence electrons. The Balaban J connectivity index is 1.60. The van der Waals surface area contributed by atoms with Crippen molar-refractivity contribution in [3.63, 3.8) is 0 Å². The third-order valence-corrected chi connectivity index (χ3v) is 8.50. The van der Waals surface area contributed by atoms with Gasteiger partial charge in [-0.25, -0.2) is 13.8 Å². The first-order valence-electron chi connectivity index (χ1n) is 11.9. The van der Waals surface area contributed by atoms with E-state index in [0.717, 1.165) is 33.7 Å². The zero-order valence-corrected chi connectivity index (χ0v) is 23.8. The van der Waals surface area contributed by atoms with Crippen LogP contribution in [0.4, 0.5) is 18.9 Å². The van der Waals surface area contributed by atoms with E-state index in [1.165, 1.54) is 36.5 Å². The molecular formula is C28H24BrF3N4O3S. The van der Waals surface area contributed by atoms with E-state index in [-0.39, 0.29) is 10.6 Å². The summed E-state index contributed by atoms with van der Waals surface area (Å²) < 4.78 is 70.4. The van der Waals surface area contributed by atoms with E-state index in [9.17, 15) is 26.4 Å². The molecule has 0 saturated heterocycles. The van der Waals surface area contributed by atoms with Crippen LogP contribution < -0.4 is 9.73 Å². The van der Waals surface area contributed by atoms with Crippen LogP contribution in [0.15, 0.2) is 99.4 Å². The summed E-state index contributed by atoms with van der Waals surface area (Å²) >= 11 is 3.54. The first-order chi connectivity index (χ1) is 18.9. The number of rotatable bonds is 8. The molecule has 1 amide bonds. The Kier molecular flexibility index (Phi) is 8.50. The molecule has 0 bridgehead atoms. The number of para-hydroxylation sites is 1. The van der Waals surface area contributed by atoms with Crippen LogP contribution in [0.3, 0.4) is 0 Å². The second kappa shape index (κ2) is 11.7. The second-order valence-electron chi connectivity index (χ2n) is 8.78. The van der Waals surface area contributed by atoms with Crippen molar-refractivity contribution in [3.05, 3.63) is 112 Å². The Morgan fingerprint density at radius 1 is 1.00 bits per heavy atom. The lowest BCUT2D eigenvalue weighted by Gasteiger charge is -2.24. The normalized spacial score (nSPS) is 12.1. The highest BCUT2D eigenvalue weighted by molar-refractivity contribution is 9.10. The van der Waals surface area contributed by atoms with Crippen LogP contribution in [0, 0.1) is 13.8 Å². The number of sulfonamides is 1. The van der Waals surface area contributed by atoms with Crippen LogP contribution in [0.25, 0.3) is 5.69 Å². The molecule has 7 nitrogen and oxygen atoms in total. The summed E-state index contributed by atoms with van der Waals surface area (Å²) in [7, 11) is -4.39. The van der Waals surface area contributed by atoms with E-state index >= 15 is 0 Å². The largest absolute Gasteiger partial charge is 0.416 e. The van der Waals surface area contributed by atoms with Crippen LogP contribution in [0.5, 0.6) is 0 Å². The number of hydrazone groups is 1. The Morgan fingerprint density at radius 3 is 2.35 bits per heavy atom. The summed E-state index contributed by atoms with van der Waals surface area (Å²) in [6.07, 6.45) is -3.28. The molecule has 0 spiro atoms. The minimum absolute atomic E-state index is 0.178. The molecule has 0 unspecified atom stereocenters. The average Bonchev–Trinajstić information content (AvgIpc) is 3.20. The van der Waals surface area contributed by atoms with Gasteiger partial charge >= 0.3 is 6.18 Å². The van der Waals surface area contributed by atoms with Crippen molar-refractivity contribution < 1.29 is 26.4 Å². The van der Waals surface area contributed by atoms with Crippen LogP contribution in [-0.4, -0.2) is 31.7 Å². The van der Waals surface area contributed by atoms with Gasteiger partial charge in [-0.15, -0.1) is 0 Å². The molecule has 0 fully saturated rings. The smallest absolute Gasteiger partial charge is 0.317 e. The highest BCUT2D eigenvalue weighted by Gasteiger charge is 2.33. The quantitative estimate of drug-likeness (QED) is 0.185. The summed E-state index contributed by atoms with van der Waals surface area (Å²) in [4.78, 5) is 12.7. The van der Waals surface area contributed by atoms with E-state index in [1.54, 1.807) is 6.07 Å². The lowest BCUT2D eigenvalue weighted by atomic mass is 10.2. The van der Waals surface area contributed by atoms with Crippen molar-refractivity contribution in [2.75, 3.05) is 10.8 Å². The first-order valence-corrected chi connectivity index (χ1v) is 14.1. The number of hydrogen-bond acceptors (Lipinski definition) is 4. The lowest BCUT2D eigenvalue weighted by molar-refractivity contribution is -0.137. The average molecular weight is 633 g/mol. The van der Waals surface area contributed by atoms with Gasteiger partial charge in [-0.1, -0.05) is 36.4 Å². The predicted molar refractivity (Wildman–Crippen MR) is 151 cm³/mol. The Hall–Kier alpha value is -3.90. The molecule has 4 aromatic rings. The van der Waals surface area contributed by atoms with Crippen molar-refractivity contribution in [1.29, 1.82) is 0 Å². The number of carbonyl (C=O) groups is 1. The van der Waals surface area contributed by atoms with Gasteiger partial charge in [0.25, 0.3) is 15.9 Å². The number of carbonyl (C=O) groups excluding carboxylic acids is 1. The van der Waals surface area contributed by atoms with Gasteiger partial charge in [0.2, 0.25) is 0 Å². The zero-order valence-electron chi connectivity index (χ0n) is 21.4. The maximum atomic E-state index is 13.4. The Morgan fingerprint density at radius 2 is 1.68 bits per heavy atom. The van der Waals surface area contributed by atoms with Gasteiger partial charge in [0.05, 0.1) is 28.0 Å². The minimum atomic E-state index is -4.70. The number of halogens is 4. The van der Waals surface area contributed by atoms with E-state index in [0.29, 0.717) is 15.9 Å². The van der Waals surface area contributed by atoms with Gasteiger partial charge in [0.15, 0.2) is 0 Å². The van der Waals surface area contributed by atoms with E-state index in [4.69, 9.17) is 0 Å². The fourth-order valence-electron chi connectivity index (χ4n) is 4.13. The molecule has 0 aliphatic heterocycles. The first kappa shape index (κ1) is 29.1. The molecule has 4 rings (SSSR count). The van der Waals surface area contributed by atoms with Gasteiger partial charge in [0, 0.05) is 21.4 Å². The lowest BCUT2D eigenvalue weighted by Crippen LogP contribution is -2.39. The second-order valence-corrected chi connectivity index (χ2v) is 11.5. The molecule has 0 radical (unpaired) electrons. The highest BCUT2D eigenvalue weighted by Crippen LogP contribution is 2.33. The number of alkyl halides is 3. The van der Waals surface area contributed by atoms with Gasteiger partial charge in [-0.3, -0.25) is 9.10 Å². The molecule has 40 heavy (non-hydrogen) atoms. The third-order valence-electron chi connectivity index (χ3n) is 6.04. The van der Waals surface area contributed by atoms with E-state index in [1.807, 2.05) is 48.7 Å². The fourth-order valence-corrected chi connectivity index (χ4v) is 6.03. The molecular weight excluding hydrogens is 609 g/mol. The summed E-state index contributed by atoms with van der Waals surface area (Å²) in [6.45, 7) is 3.01. The summed E-state index contributed by atoms with van der Waals surface area (Å²) in [5, 5.41) is 3.98. The molecule has 0 atom stereocenters. The number of amides is 1. The highest BCUT2D eigenvalue weighted by atomic mass is 79.9. The summed E-state index contributed by atoms with van der Waals surface area (Å²) in [6, 6.07) is 20.5. The van der Waals surface area contributed by atoms with Crippen molar-refractivity contribution in [1.82, 2.24) is 9.99 Å². The van der Waals surface area contributed by atoms with Gasteiger partial charge < -0.3 is 4.57 Å². The summed E-state index contributed by atoms with van der Waals surface area (Å²) in [5.41, 5.74) is 4.33. The predicted octanol–water partition coefficient (Wildman–Crippen LogP) is 6.22. The number of benzene rings is 3. The number of aromatic nitrogens is 1. The standard InChI is InChI=1S/C28H24BrF3N4O3S/c1-19-15-21(20(2)36(19)26-14-7-6-13-25(26)29)17-33-34-27(37)18-35(40(38,39)24-11-4-3-5-12-24)23-10-8-9-22(16-23)28(30,31)32/h3-17H,18H2,1-2H3,(H,34,37)/b33-17-. The number of nitrogens with zero attached hydrogens (tertiary/aromatic N) is 3. The molecule has 1 N–H and O–H groups in total. The maximum Gasteiger partial charge on any atom is 0.416 e. The van der Waals surface area contributed by atoms with Gasteiger partial charge in [-0.2, -0.15) is 18.3 Å². The zero-order chi connectivity index (χ0) is 29.1. The minimum Gasteiger partial charge on any atom is -0.317 e. The fraction of sp³-hybridized carbons (Fsp3) is 0.143. The van der Waals surface area contributed by atoms with Crippen molar-refractivity contribution >= 4 is 43.8 Å². The van der Waals surface area contributed by atoms with E-state index < -0.39 is 34.2 Å². The van der Waals surface area contributed by atoms with Crippen LogP contribution in [-0.2, 0) is 21.0 Å². The third kappa shape index (κ3) is 6.28. The molecule has 0 saturated carbocycles. The van der Waals surface area contributed by atoms with E-state index in [2.05, 4.69) is 26.5 Å². The monoisotopic (exact) mass is 632 g/mol. The topological polar surface area (TPSA) is 83.8 Å². The van der Waals surface area contributed by atoms with Crippen molar-refractivity contribution in [3.8, 4) is 5.69 Å². The maximum absolute atomic E-state index is 13.4. The van der Waals surface area contributed by atoms with Crippen LogP contribution in [0.1, 0.15) is 22.5 Å². The number of nitrogens with one attached hydrogen (secondary N) is 1. The SMILES string of the molecule is Cc1cc(/C=N\NC(=O)CN(c2cccc(C(F)(F)F)c2)S(=O)(=O)c2ccccc2)c(C)n1-c1ccccc1Br. The molecule has 12 heteroatoms. The number of hydrogen-bond donors (Lipinski definition) is 1. The van der Waals surface area contributed by atoms with Crippen molar-refractivity contribution in [2.24, 2.45) is 5.10 Å². The number of anilines is 1. The van der Waals surface area contributed by atoms with Crippen LogP contribution in [0.2, 0.25) is 0 Å².